The van der Waals surface area contributed by atoms with Crippen LogP contribution in [0.25, 0.3) is 0 Å². The number of aromatic nitrogens is 2. The van der Waals surface area contributed by atoms with Crippen molar-refractivity contribution in [3.8, 4) is 0 Å². The lowest BCUT2D eigenvalue weighted by Gasteiger charge is -2.20. The Labute approximate surface area is 106 Å². The maximum Gasteiger partial charge on any atom is 0.222 e. The number of nitrogens with zero attached hydrogens (tertiary/aromatic N) is 2. The fraction of sp³-hybridized carbons (Fsp3) is 0.556. The molecule has 0 radical (unpaired) electrons. The number of thioether (sulfide) groups is 2. The molecule has 2 rings (SSSR count). The lowest BCUT2D eigenvalue weighted by Crippen LogP contribution is -2.23. The highest BCUT2D eigenvalue weighted by Gasteiger charge is 2.13. The standard InChI is InChI=1S/C9H12BrN3S2/c10-7-3-11-9(12-4-7)13-5-8-6-14-1-2-15-8/h3-4,8H,1-2,5-6H2,(H,11,12,13). The third kappa shape index (κ3) is 3.85. The Morgan fingerprint density at radius 1 is 1.40 bits per heavy atom. The molecule has 0 aliphatic carbocycles. The molecule has 0 saturated carbocycles. The van der Waals surface area contributed by atoms with Crippen LogP contribution >= 0.6 is 39.5 Å². The highest BCUT2D eigenvalue weighted by Crippen LogP contribution is 2.23. The van der Waals surface area contributed by atoms with Crippen molar-refractivity contribution in [2.75, 3.05) is 29.1 Å². The van der Waals surface area contributed by atoms with Crippen LogP contribution in [0.15, 0.2) is 16.9 Å². The average Bonchev–Trinajstić information content (AvgIpc) is 2.30. The molecule has 1 saturated heterocycles. The SMILES string of the molecule is Brc1cnc(NCC2CSCCS2)nc1. The first-order valence-electron chi connectivity index (χ1n) is 4.75. The van der Waals surface area contributed by atoms with Gasteiger partial charge in [0, 0.05) is 41.4 Å². The van der Waals surface area contributed by atoms with Crippen LogP contribution < -0.4 is 5.32 Å². The van der Waals surface area contributed by atoms with Crippen molar-refractivity contribution in [3.63, 3.8) is 0 Å². The van der Waals surface area contributed by atoms with E-state index in [-0.39, 0.29) is 0 Å². The van der Waals surface area contributed by atoms with E-state index in [4.69, 9.17) is 0 Å². The zero-order valence-corrected chi connectivity index (χ0v) is 11.4. The summed E-state index contributed by atoms with van der Waals surface area (Å²) >= 11 is 7.38. The van der Waals surface area contributed by atoms with Crippen molar-refractivity contribution in [1.82, 2.24) is 9.97 Å². The van der Waals surface area contributed by atoms with Crippen molar-refractivity contribution in [2.24, 2.45) is 0 Å². The van der Waals surface area contributed by atoms with E-state index in [0.717, 1.165) is 17.0 Å². The zero-order valence-electron chi connectivity index (χ0n) is 8.15. The summed E-state index contributed by atoms with van der Waals surface area (Å²) in [6, 6.07) is 0. The van der Waals surface area contributed by atoms with Crippen molar-refractivity contribution in [1.29, 1.82) is 0 Å². The second-order valence-corrected chi connectivity index (χ2v) is 6.65. The van der Waals surface area contributed by atoms with Crippen LogP contribution in [0.4, 0.5) is 5.95 Å². The fourth-order valence-electron chi connectivity index (χ4n) is 1.26. The molecule has 3 nitrogen and oxygen atoms in total. The number of rotatable bonds is 3. The van der Waals surface area contributed by atoms with Gasteiger partial charge in [-0.2, -0.15) is 23.5 Å². The zero-order chi connectivity index (χ0) is 10.5. The molecular weight excluding hydrogens is 294 g/mol. The van der Waals surface area contributed by atoms with Crippen LogP contribution in [0, 0.1) is 0 Å². The summed E-state index contributed by atoms with van der Waals surface area (Å²) in [7, 11) is 0. The number of anilines is 1. The summed E-state index contributed by atoms with van der Waals surface area (Å²) in [5.41, 5.74) is 0. The number of hydrogen-bond acceptors (Lipinski definition) is 5. The van der Waals surface area contributed by atoms with Gasteiger partial charge in [0.15, 0.2) is 0 Å². The van der Waals surface area contributed by atoms with Gasteiger partial charge < -0.3 is 5.32 Å². The molecule has 1 fully saturated rings. The van der Waals surface area contributed by atoms with Gasteiger partial charge in [0.05, 0.1) is 4.47 Å². The molecule has 15 heavy (non-hydrogen) atoms. The number of hydrogen-bond donors (Lipinski definition) is 1. The monoisotopic (exact) mass is 305 g/mol. The first-order chi connectivity index (χ1) is 7.34. The largest absolute Gasteiger partial charge is 0.353 e. The maximum atomic E-state index is 4.18. The Morgan fingerprint density at radius 2 is 2.20 bits per heavy atom. The van der Waals surface area contributed by atoms with Crippen LogP contribution in [0.1, 0.15) is 0 Å². The van der Waals surface area contributed by atoms with Crippen LogP contribution in [0.2, 0.25) is 0 Å². The van der Waals surface area contributed by atoms with Crippen LogP contribution in [0.5, 0.6) is 0 Å². The Bertz CT molecular complexity index is 301. The smallest absolute Gasteiger partial charge is 0.222 e. The molecule has 82 valence electrons. The summed E-state index contributed by atoms with van der Waals surface area (Å²) in [5, 5.41) is 3.96. The molecule has 0 bridgehead atoms. The minimum atomic E-state index is 0.691. The molecule has 1 aliphatic heterocycles. The van der Waals surface area contributed by atoms with E-state index in [1.807, 2.05) is 23.5 Å². The van der Waals surface area contributed by atoms with Gasteiger partial charge in [0.25, 0.3) is 0 Å². The van der Waals surface area contributed by atoms with Crippen LogP contribution in [-0.2, 0) is 0 Å². The molecule has 1 unspecified atom stereocenters. The highest BCUT2D eigenvalue weighted by atomic mass is 79.9. The maximum absolute atomic E-state index is 4.18. The summed E-state index contributed by atoms with van der Waals surface area (Å²) in [4.78, 5) is 8.36. The molecule has 1 aromatic rings. The predicted molar refractivity (Wildman–Crippen MR) is 71.8 cm³/mol. The van der Waals surface area contributed by atoms with Gasteiger partial charge in [-0.15, -0.1) is 0 Å². The third-order valence-corrected chi connectivity index (χ3v) is 5.25. The van der Waals surface area contributed by atoms with E-state index in [2.05, 4.69) is 31.2 Å². The first-order valence-corrected chi connectivity index (χ1v) is 7.75. The van der Waals surface area contributed by atoms with Crippen LogP contribution in [-0.4, -0.2) is 39.0 Å². The molecular formula is C9H12BrN3S2. The summed E-state index contributed by atoms with van der Waals surface area (Å²) < 4.78 is 0.913. The van der Waals surface area contributed by atoms with Gasteiger partial charge >= 0.3 is 0 Å². The van der Waals surface area contributed by atoms with E-state index in [9.17, 15) is 0 Å². The van der Waals surface area contributed by atoms with E-state index in [1.54, 1.807) is 12.4 Å². The second kappa shape index (κ2) is 5.96. The van der Waals surface area contributed by atoms with E-state index in [0.29, 0.717) is 5.25 Å². The van der Waals surface area contributed by atoms with Crippen molar-refractivity contribution in [3.05, 3.63) is 16.9 Å². The molecule has 1 N–H and O–H groups in total. The molecule has 1 aliphatic rings. The van der Waals surface area contributed by atoms with Gasteiger partial charge in [0.1, 0.15) is 0 Å². The predicted octanol–water partition coefficient (Wildman–Crippen LogP) is 2.50. The van der Waals surface area contributed by atoms with Gasteiger partial charge in [0.2, 0.25) is 5.95 Å². The minimum absolute atomic E-state index is 0.691. The Morgan fingerprint density at radius 3 is 2.87 bits per heavy atom. The fourth-order valence-corrected chi connectivity index (χ4v) is 4.08. The molecule has 0 amide bonds. The van der Waals surface area contributed by atoms with E-state index in [1.165, 1.54) is 17.3 Å². The summed E-state index contributed by atoms with van der Waals surface area (Å²) in [6.45, 7) is 0.958. The van der Waals surface area contributed by atoms with E-state index >= 15 is 0 Å². The van der Waals surface area contributed by atoms with Gasteiger partial charge in [-0.1, -0.05) is 0 Å². The third-order valence-electron chi connectivity index (χ3n) is 1.99. The second-order valence-electron chi connectivity index (χ2n) is 3.17. The normalized spacial score (nSPS) is 21.3. The topological polar surface area (TPSA) is 37.8 Å². The lowest BCUT2D eigenvalue weighted by molar-refractivity contribution is 0.972. The van der Waals surface area contributed by atoms with Gasteiger partial charge in [-0.3, -0.25) is 0 Å². The van der Waals surface area contributed by atoms with Crippen LogP contribution in [0.3, 0.4) is 0 Å². The number of nitrogens with one attached hydrogen (secondary N) is 1. The van der Waals surface area contributed by atoms with Gasteiger partial charge in [-0.25, -0.2) is 9.97 Å². The molecule has 1 aromatic heterocycles. The van der Waals surface area contributed by atoms with Crippen molar-refractivity contribution in [2.45, 2.75) is 5.25 Å². The Kier molecular flexibility index (Phi) is 4.59. The Hall–Kier alpha value is 0.0600. The molecule has 6 heteroatoms. The molecule has 2 heterocycles. The van der Waals surface area contributed by atoms with E-state index < -0.39 is 0 Å². The lowest BCUT2D eigenvalue weighted by atomic mass is 10.5. The average molecular weight is 306 g/mol. The van der Waals surface area contributed by atoms with Crippen molar-refractivity contribution < 1.29 is 0 Å². The van der Waals surface area contributed by atoms with Gasteiger partial charge in [-0.05, 0) is 15.9 Å². The Balaban J connectivity index is 1.79. The molecule has 0 aromatic carbocycles. The summed E-state index contributed by atoms with van der Waals surface area (Å²) in [5.74, 6) is 4.50. The number of halogens is 1. The molecule has 1 atom stereocenters. The molecule has 0 spiro atoms. The van der Waals surface area contributed by atoms with Crippen molar-refractivity contribution >= 4 is 45.4 Å². The summed E-state index contributed by atoms with van der Waals surface area (Å²) in [6.07, 6.45) is 3.52. The first kappa shape index (κ1) is 11.5. The minimum Gasteiger partial charge on any atom is -0.353 e. The quantitative estimate of drug-likeness (QED) is 0.929. The highest BCUT2D eigenvalue weighted by molar-refractivity contribution is 9.10.